The number of aromatic nitrogens is 3. The van der Waals surface area contributed by atoms with Gasteiger partial charge in [-0.25, -0.2) is 15.0 Å². The maximum atomic E-state index is 6.45. The molecule has 5 heteroatoms. The number of benzene rings is 8. The summed E-state index contributed by atoms with van der Waals surface area (Å²) in [5, 5.41) is 4.47. The predicted molar refractivity (Wildman–Crippen MR) is 243 cm³/mol. The Morgan fingerprint density at radius 3 is 1.83 bits per heavy atom. The molecule has 2 aliphatic rings. The van der Waals surface area contributed by atoms with Gasteiger partial charge in [0.25, 0.3) is 0 Å². The first-order valence-electron chi connectivity index (χ1n) is 20.3. The molecule has 2 aromatic heterocycles. The van der Waals surface area contributed by atoms with Crippen LogP contribution in [-0.4, -0.2) is 21.1 Å². The number of hydrogen-bond donors (Lipinski definition) is 0. The third kappa shape index (κ3) is 5.82. The molecule has 0 saturated carbocycles. The van der Waals surface area contributed by atoms with Gasteiger partial charge in [-0.2, -0.15) is 0 Å². The molecule has 0 radical (unpaired) electrons. The Hall–Kier alpha value is -7.89. The lowest BCUT2D eigenvalue weighted by Gasteiger charge is -2.22. The Morgan fingerprint density at radius 2 is 1.05 bits per heavy atom. The van der Waals surface area contributed by atoms with E-state index in [4.69, 9.17) is 24.1 Å². The molecule has 5 nitrogen and oxygen atoms in total. The lowest BCUT2D eigenvalue weighted by atomic mass is 9.84. The summed E-state index contributed by atoms with van der Waals surface area (Å²) < 4.78 is 12.7. The molecule has 0 spiro atoms. The summed E-state index contributed by atoms with van der Waals surface area (Å²) in [4.78, 5) is 15.9. The first kappa shape index (κ1) is 34.2. The number of nitrogens with zero attached hydrogens (tertiary/aromatic N) is 3. The van der Waals surface area contributed by atoms with Crippen LogP contribution in [0.1, 0.15) is 17.3 Å². The van der Waals surface area contributed by atoms with Crippen molar-refractivity contribution in [2.24, 2.45) is 0 Å². The highest BCUT2D eigenvalue weighted by Gasteiger charge is 2.38. The monoisotopic (exact) mass is 769 g/mol. The number of para-hydroxylation sites is 2. The van der Waals surface area contributed by atoms with Crippen molar-refractivity contribution in [3.63, 3.8) is 0 Å². The minimum Gasteiger partial charge on any atom is -0.485 e. The molecule has 1 aliphatic carbocycles. The maximum Gasteiger partial charge on any atom is 0.164 e. The molecule has 10 aromatic rings. The van der Waals surface area contributed by atoms with Crippen LogP contribution in [0.25, 0.3) is 94.4 Å². The summed E-state index contributed by atoms with van der Waals surface area (Å²) in [5.41, 5.74) is 12.5. The first-order valence-corrected chi connectivity index (χ1v) is 20.3. The van der Waals surface area contributed by atoms with Gasteiger partial charge in [0.2, 0.25) is 0 Å². The average molecular weight is 770 g/mol. The van der Waals surface area contributed by atoms with E-state index in [1.807, 2.05) is 42.5 Å². The van der Waals surface area contributed by atoms with Gasteiger partial charge in [0.05, 0.1) is 5.92 Å². The second-order valence-corrected chi connectivity index (χ2v) is 15.5. The average Bonchev–Trinajstić information content (AvgIpc) is 3.90. The minimum absolute atomic E-state index is 0.0448. The van der Waals surface area contributed by atoms with Crippen molar-refractivity contribution < 1.29 is 9.15 Å². The third-order valence-corrected chi connectivity index (χ3v) is 11.9. The molecule has 0 amide bonds. The zero-order valence-electron chi connectivity index (χ0n) is 32.4. The smallest absolute Gasteiger partial charge is 0.164 e. The molecule has 2 unspecified atom stereocenters. The molecule has 2 atom stereocenters. The van der Waals surface area contributed by atoms with Gasteiger partial charge in [0.1, 0.15) is 23.0 Å². The van der Waals surface area contributed by atoms with Gasteiger partial charge in [-0.15, -0.1) is 0 Å². The molecule has 0 bridgehead atoms. The minimum atomic E-state index is -0.141. The summed E-state index contributed by atoms with van der Waals surface area (Å²) in [6, 6.07) is 63.6. The maximum absolute atomic E-state index is 6.45. The SMILES string of the molecule is C1=CC2Oc3ccccc3C2C(c2nc(-c3cc(-c4ccccc4)cc(-c4ccccc4)c3)nc(-c3ccc4cc(-c5cccc6oc7ccccc7c56)ccc4c3)n2)=C1. The molecule has 282 valence electrons. The van der Waals surface area contributed by atoms with Crippen LogP contribution in [0.4, 0.5) is 0 Å². The predicted octanol–water partition coefficient (Wildman–Crippen LogP) is 13.8. The number of furan rings is 1. The summed E-state index contributed by atoms with van der Waals surface area (Å²) in [7, 11) is 0. The Morgan fingerprint density at radius 1 is 0.433 bits per heavy atom. The lowest BCUT2D eigenvalue weighted by molar-refractivity contribution is 0.271. The van der Waals surface area contributed by atoms with E-state index in [9.17, 15) is 0 Å². The Balaban J connectivity index is 1.02. The Labute approximate surface area is 346 Å². The fraction of sp³-hybridized carbons (Fsp3) is 0.0364. The molecule has 1 aliphatic heterocycles. The number of ether oxygens (including phenoxy) is 1. The molecule has 8 aromatic carbocycles. The van der Waals surface area contributed by atoms with Crippen LogP contribution in [-0.2, 0) is 0 Å². The van der Waals surface area contributed by atoms with Crippen LogP contribution < -0.4 is 4.74 Å². The van der Waals surface area contributed by atoms with Gasteiger partial charge in [-0.1, -0.05) is 146 Å². The summed E-state index contributed by atoms with van der Waals surface area (Å²) in [5.74, 6) is 2.71. The number of hydrogen-bond acceptors (Lipinski definition) is 5. The number of fused-ring (bicyclic) bond motifs is 7. The van der Waals surface area contributed by atoms with E-state index in [1.165, 1.54) is 0 Å². The van der Waals surface area contributed by atoms with Gasteiger partial charge in [-0.05, 0) is 98.8 Å². The third-order valence-electron chi connectivity index (χ3n) is 11.9. The van der Waals surface area contributed by atoms with E-state index in [0.717, 1.165) is 94.1 Å². The molecule has 0 fully saturated rings. The van der Waals surface area contributed by atoms with Crippen molar-refractivity contribution in [1.82, 2.24) is 15.0 Å². The molecule has 0 saturated heterocycles. The standard InChI is InChI=1S/C55H35N3O2/c1-3-13-34(14-4-1)40-31-41(35-15-5-2-6-16-35)33-42(32-40)54-56-53(57-55(58-54)46-20-12-24-50-52(46)45-18-8-10-22-48(45)60-50)39-28-26-36-29-38(27-25-37(36)30-39)43-19-11-23-49-51(43)44-17-7-9-21-47(44)59-49/h1-33,50,52H. The quantitative estimate of drug-likeness (QED) is 0.169. The van der Waals surface area contributed by atoms with Crippen molar-refractivity contribution in [2.45, 2.75) is 12.0 Å². The van der Waals surface area contributed by atoms with Crippen LogP contribution in [0.3, 0.4) is 0 Å². The summed E-state index contributed by atoms with van der Waals surface area (Å²) in [6.07, 6.45) is 6.18. The molecule has 12 rings (SSSR count). The van der Waals surface area contributed by atoms with E-state index < -0.39 is 0 Å². The van der Waals surface area contributed by atoms with E-state index in [0.29, 0.717) is 17.5 Å². The van der Waals surface area contributed by atoms with Crippen molar-refractivity contribution in [3.05, 3.63) is 212 Å². The largest absolute Gasteiger partial charge is 0.485 e. The van der Waals surface area contributed by atoms with E-state index in [1.54, 1.807) is 0 Å². The second kappa shape index (κ2) is 13.9. The molecule has 0 N–H and O–H groups in total. The highest BCUT2D eigenvalue weighted by atomic mass is 16.5. The Bertz CT molecular complexity index is 3310. The van der Waals surface area contributed by atoms with Crippen molar-refractivity contribution in [3.8, 4) is 61.9 Å². The van der Waals surface area contributed by atoms with E-state index in [2.05, 4.69) is 158 Å². The molecule has 60 heavy (non-hydrogen) atoms. The van der Waals surface area contributed by atoms with Crippen LogP contribution in [0, 0.1) is 0 Å². The lowest BCUT2D eigenvalue weighted by Crippen LogP contribution is -2.20. The highest BCUT2D eigenvalue weighted by Crippen LogP contribution is 2.48. The van der Waals surface area contributed by atoms with Crippen molar-refractivity contribution in [2.75, 3.05) is 0 Å². The zero-order chi connectivity index (χ0) is 39.6. The van der Waals surface area contributed by atoms with Gasteiger partial charge in [0, 0.05) is 33.0 Å². The number of rotatable bonds is 6. The molecule has 3 heterocycles. The van der Waals surface area contributed by atoms with E-state index in [-0.39, 0.29) is 12.0 Å². The summed E-state index contributed by atoms with van der Waals surface area (Å²) >= 11 is 0. The Kier molecular flexibility index (Phi) is 7.91. The zero-order valence-corrected chi connectivity index (χ0v) is 32.4. The highest BCUT2D eigenvalue weighted by molar-refractivity contribution is 6.13. The van der Waals surface area contributed by atoms with Crippen LogP contribution >= 0.6 is 0 Å². The second-order valence-electron chi connectivity index (χ2n) is 15.5. The van der Waals surface area contributed by atoms with Crippen molar-refractivity contribution in [1.29, 1.82) is 0 Å². The van der Waals surface area contributed by atoms with Gasteiger partial charge < -0.3 is 9.15 Å². The van der Waals surface area contributed by atoms with Gasteiger partial charge >= 0.3 is 0 Å². The fourth-order valence-corrected chi connectivity index (χ4v) is 9.00. The van der Waals surface area contributed by atoms with Crippen LogP contribution in [0.2, 0.25) is 0 Å². The molecular weight excluding hydrogens is 735 g/mol. The van der Waals surface area contributed by atoms with Crippen LogP contribution in [0.15, 0.2) is 205 Å². The van der Waals surface area contributed by atoms with Gasteiger partial charge in [-0.3, -0.25) is 0 Å². The first-order chi connectivity index (χ1) is 29.7. The summed E-state index contributed by atoms with van der Waals surface area (Å²) in [6.45, 7) is 0. The molecular formula is C55H35N3O2. The van der Waals surface area contributed by atoms with Crippen LogP contribution in [0.5, 0.6) is 5.75 Å². The topological polar surface area (TPSA) is 61.0 Å². The van der Waals surface area contributed by atoms with E-state index >= 15 is 0 Å². The van der Waals surface area contributed by atoms with Crippen molar-refractivity contribution >= 4 is 38.3 Å². The van der Waals surface area contributed by atoms with Gasteiger partial charge in [0.15, 0.2) is 17.5 Å². The normalized spacial score (nSPS) is 15.5. The fourth-order valence-electron chi connectivity index (χ4n) is 9.00. The number of allylic oxidation sites excluding steroid dienone is 2.